The van der Waals surface area contributed by atoms with Crippen LogP contribution in [0.25, 0.3) is 0 Å². The van der Waals surface area contributed by atoms with Crippen LogP contribution in [0.3, 0.4) is 0 Å². The summed E-state index contributed by atoms with van der Waals surface area (Å²) in [6.45, 7) is 4.92. The lowest BCUT2D eigenvalue weighted by molar-refractivity contribution is 0.102. The molecule has 1 aromatic carbocycles. The highest BCUT2D eigenvalue weighted by atomic mass is 32.1. The first kappa shape index (κ1) is 17.5. The molecule has 2 aromatic rings. The van der Waals surface area contributed by atoms with Crippen LogP contribution in [0.15, 0.2) is 24.3 Å². The number of amides is 1. The van der Waals surface area contributed by atoms with Crippen molar-refractivity contribution in [3.63, 3.8) is 0 Å². The molecule has 1 aromatic heterocycles. The van der Waals surface area contributed by atoms with Gasteiger partial charge in [0.05, 0.1) is 12.2 Å². The van der Waals surface area contributed by atoms with Crippen molar-refractivity contribution in [1.29, 1.82) is 5.26 Å². The molecule has 0 saturated heterocycles. The fraction of sp³-hybridized carbons (Fsp3) is 0.400. The molecule has 130 valence electrons. The van der Waals surface area contributed by atoms with Gasteiger partial charge in [0.15, 0.2) is 0 Å². The minimum atomic E-state index is -0.190. The maximum Gasteiger partial charge on any atom is 0.256 e. The summed E-state index contributed by atoms with van der Waals surface area (Å²) in [5, 5.41) is 13.1. The first-order chi connectivity index (χ1) is 12.1. The number of hydrogen-bond acceptors (Lipinski definition) is 4. The molecule has 0 bridgehead atoms. The summed E-state index contributed by atoms with van der Waals surface area (Å²) in [6.07, 6.45) is 4.01. The summed E-state index contributed by atoms with van der Waals surface area (Å²) in [4.78, 5) is 13.8. The number of rotatable bonds is 5. The highest BCUT2D eigenvalue weighted by Gasteiger charge is 2.24. The van der Waals surface area contributed by atoms with Crippen molar-refractivity contribution in [3.05, 3.63) is 45.8 Å². The standard InChI is InChI=1S/C20H22N2O2S/c1-3-10-24-15-7-5-14(6-8-15)19(23)22-20-17(12-21)16-11-13(2)4-9-18(16)25-20/h5-8,13H,3-4,9-11H2,1-2H3,(H,22,23). The number of hydrogen-bond donors (Lipinski definition) is 1. The SMILES string of the molecule is CCCOc1ccc(C(=O)Nc2sc3c(c2C#N)CC(C)CC3)cc1. The largest absolute Gasteiger partial charge is 0.494 e. The molecule has 1 N–H and O–H groups in total. The Morgan fingerprint density at radius 3 is 2.84 bits per heavy atom. The summed E-state index contributed by atoms with van der Waals surface area (Å²) in [5.74, 6) is 1.16. The highest BCUT2D eigenvalue weighted by molar-refractivity contribution is 7.16. The summed E-state index contributed by atoms with van der Waals surface area (Å²) in [7, 11) is 0. The Balaban J connectivity index is 1.76. The van der Waals surface area contributed by atoms with E-state index in [-0.39, 0.29) is 5.91 Å². The van der Waals surface area contributed by atoms with Crippen molar-refractivity contribution in [2.24, 2.45) is 5.92 Å². The highest BCUT2D eigenvalue weighted by Crippen LogP contribution is 2.39. The number of aryl methyl sites for hydroxylation is 1. The maximum atomic E-state index is 12.5. The van der Waals surface area contributed by atoms with Crippen LogP contribution < -0.4 is 10.1 Å². The van der Waals surface area contributed by atoms with Gasteiger partial charge in [-0.2, -0.15) is 5.26 Å². The molecule has 1 aliphatic rings. The van der Waals surface area contributed by atoms with E-state index in [4.69, 9.17) is 4.74 Å². The average Bonchev–Trinajstić information content (AvgIpc) is 2.96. The van der Waals surface area contributed by atoms with E-state index in [9.17, 15) is 10.1 Å². The average molecular weight is 354 g/mol. The predicted molar refractivity (Wildman–Crippen MR) is 100 cm³/mol. The Hall–Kier alpha value is -2.32. The topological polar surface area (TPSA) is 62.1 Å². The van der Waals surface area contributed by atoms with E-state index in [0.717, 1.165) is 37.0 Å². The second kappa shape index (κ2) is 7.71. The normalized spacial score (nSPS) is 16.0. The van der Waals surface area contributed by atoms with E-state index in [1.807, 2.05) is 0 Å². The Bertz CT molecular complexity index is 802. The Morgan fingerprint density at radius 1 is 1.40 bits per heavy atom. The zero-order valence-electron chi connectivity index (χ0n) is 14.6. The second-order valence-electron chi connectivity index (χ2n) is 6.49. The number of nitrogens with zero attached hydrogens (tertiary/aromatic N) is 1. The lowest BCUT2D eigenvalue weighted by Gasteiger charge is -2.17. The van der Waals surface area contributed by atoms with Crippen molar-refractivity contribution in [2.75, 3.05) is 11.9 Å². The van der Waals surface area contributed by atoms with E-state index in [0.29, 0.717) is 28.7 Å². The van der Waals surface area contributed by atoms with Gasteiger partial charge in [0, 0.05) is 10.4 Å². The molecule has 0 aliphatic heterocycles. The number of fused-ring (bicyclic) bond motifs is 1. The molecule has 0 radical (unpaired) electrons. The molecular weight excluding hydrogens is 332 g/mol. The number of anilines is 1. The minimum Gasteiger partial charge on any atom is -0.494 e. The quantitative estimate of drug-likeness (QED) is 0.840. The Morgan fingerprint density at radius 2 is 2.16 bits per heavy atom. The second-order valence-corrected chi connectivity index (χ2v) is 7.60. The van der Waals surface area contributed by atoms with Gasteiger partial charge in [0.1, 0.15) is 16.8 Å². The van der Waals surface area contributed by atoms with Gasteiger partial charge in [-0.15, -0.1) is 11.3 Å². The molecule has 1 atom stereocenters. The first-order valence-corrected chi connectivity index (χ1v) is 9.52. The summed E-state index contributed by atoms with van der Waals surface area (Å²) in [6, 6.07) is 9.40. The number of thiophene rings is 1. The number of benzene rings is 1. The molecule has 4 nitrogen and oxygen atoms in total. The maximum absolute atomic E-state index is 12.5. The number of ether oxygens (including phenoxy) is 1. The predicted octanol–water partition coefficient (Wildman–Crippen LogP) is 4.79. The van der Waals surface area contributed by atoms with E-state index in [1.165, 1.54) is 4.88 Å². The van der Waals surface area contributed by atoms with Crippen LogP contribution in [0.1, 0.15) is 53.1 Å². The molecule has 0 spiro atoms. The van der Waals surface area contributed by atoms with Crippen molar-refractivity contribution < 1.29 is 9.53 Å². The van der Waals surface area contributed by atoms with Gasteiger partial charge >= 0.3 is 0 Å². The summed E-state index contributed by atoms with van der Waals surface area (Å²) in [5.41, 5.74) is 2.33. The monoisotopic (exact) mass is 354 g/mol. The van der Waals surface area contributed by atoms with Gasteiger partial charge in [-0.1, -0.05) is 13.8 Å². The molecule has 25 heavy (non-hydrogen) atoms. The van der Waals surface area contributed by atoms with Crippen LogP contribution in [0, 0.1) is 17.2 Å². The van der Waals surface area contributed by atoms with Crippen LogP contribution >= 0.6 is 11.3 Å². The van der Waals surface area contributed by atoms with Crippen molar-refractivity contribution in [2.45, 2.75) is 39.5 Å². The third-order valence-electron chi connectivity index (χ3n) is 4.44. The van der Waals surface area contributed by atoms with Crippen LogP contribution in [-0.2, 0) is 12.8 Å². The molecule has 1 unspecified atom stereocenters. The lowest BCUT2D eigenvalue weighted by atomic mass is 9.88. The third kappa shape index (κ3) is 3.85. The summed E-state index contributed by atoms with van der Waals surface area (Å²) >= 11 is 1.55. The van der Waals surface area contributed by atoms with Gasteiger partial charge in [0.2, 0.25) is 0 Å². The smallest absolute Gasteiger partial charge is 0.256 e. The van der Waals surface area contributed by atoms with E-state index in [1.54, 1.807) is 35.6 Å². The van der Waals surface area contributed by atoms with E-state index < -0.39 is 0 Å². The summed E-state index contributed by atoms with van der Waals surface area (Å²) < 4.78 is 5.54. The molecule has 5 heteroatoms. The van der Waals surface area contributed by atoms with Gasteiger partial charge in [-0.25, -0.2) is 0 Å². The van der Waals surface area contributed by atoms with Crippen LogP contribution in [0.4, 0.5) is 5.00 Å². The molecule has 0 saturated carbocycles. The number of nitriles is 1. The molecule has 3 rings (SSSR count). The zero-order valence-corrected chi connectivity index (χ0v) is 15.4. The Kier molecular flexibility index (Phi) is 5.40. The van der Waals surface area contributed by atoms with Crippen LogP contribution in [-0.4, -0.2) is 12.5 Å². The fourth-order valence-electron chi connectivity index (χ4n) is 3.06. The molecule has 1 heterocycles. The van der Waals surface area contributed by atoms with Gasteiger partial charge in [-0.3, -0.25) is 4.79 Å². The van der Waals surface area contributed by atoms with Gasteiger partial charge in [0.25, 0.3) is 5.91 Å². The fourth-order valence-corrected chi connectivity index (χ4v) is 4.25. The van der Waals surface area contributed by atoms with E-state index >= 15 is 0 Å². The number of carbonyl (C=O) groups is 1. The molecule has 1 amide bonds. The third-order valence-corrected chi connectivity index (χ3v) is 5.64. The number of nitrogens with one attached hydrogen (secondary N) is 1. The first-order valence-electron chi connectivity index (χ1n) is 8.71. The van der Waals surface area contributed by atoms with Gasteiger partial charge in [-0.05, 0) is 61.4 Å². The van der Waals surface area contributed by atoms with E-state index in [2.05, 4.69) is 25.2 Å². The lowest BCUT2D eigenvalue weighted by Crippen LogP contribution is -2.12. The number of carbonyl (C=O) groups excluding carboxylic acids is 1. The van der Waals surface area contributed by atoms with Crippen molar-refractivity contribution in [1.82, 2.24) is 0 Å². The van der Waals surface area contributed by atoms with Crippen LogP contribution in [0.5, 0.6) is 5.75 Å². The molecular formula is C20H22N2O2S. The molecule has 0 fully saturated rings. The molecule has 1 aliphatic carbocycles. The Labute approximate surface area is 152 Å². The van der Waals surface area contributed by atoms with Crippen molar-refractivity contribution >= 4 is 22.2 Å². The van der Waals surface area contributed by atoms with Gasteiger partial charge < -0.3 is 10.1 Å². The minimum absolute atomic E-state index is 0.190. The van der Waals surface area contributed by atoms with Crippen LogP contribution in [0.2, 0.25) is 0 Å². The zero-order chi connectivity index (χ0) is 17.8. The van der Waals surface area contributed by atoms with Crippen molar-refractivity contribution in [3.8, 4) is 11.8 Å².